The molecule has 0 aliphatic carbocycles. The van der Waals surface area contributed by atoms with E-state index < -0.39 is 24.0 Å². The van der Waals surface area contributed by atoms with Crippen LogP contribution in [0.3, 0.4) is 0 Å². The van der Waals surface area contributed by atoms with Gasteiger partial charge in [-0.05, 0) is 12.5 Å². The fraction of sp³-hybridized carbons (Fsp3) is 0.333. The normalized spacial score (nSPS) is 13.6. The van der Waals surface area contributed by atoms with E-state index in [1.165, 1.54) is 7.11 Å². The van der Waals surface area contributed by atoms with Crippen LogP contribution in [0.2, 0.25) is 0 Å². The van der Waals surface area contributed by atoms with E-state index in [1.54, 1.807) is 31.2 Å². The lowest BCUT2D eigenvalue weighted by atomic mass is 10.1. The van der Waals surface area contributed by atoms with Crippen LogP contribution in [-0.4, -0.2) is 25.0 Å². The molecule has 5 nitrogen and oxygen atoms in total. The Hall–Kier alpha value is -1.88. The fourth-order valence-corrected chi connectivity index (χ4v) is 1.35. The Morgan fingerprint density at radius 2 is 1.88 bits per heavy atom. The Labute approximate surface area is 99.9 Å². The first-order valence-electron chi connectivity index (χ1n) is 5.25. The zero-order valence-corrected chi connectivity index (χ0v) is 9.84. The lowest BCUT2D eigenvalue weighted by Gasteiger charge is -2.16. The molecular weight excluding hydrogens is 220 g/mol. The maximum atomic E-state index is 11.7. The van der Waals surface area contributed by atoms with Crippen LogP contribution in [-0.2, 0) is 14.3 Å². The number of amides is 1. The Morgan fingerprint density at radius 1 is 1.29 bits per heavy atom. The molecule has 2 unspecified atom stereocenters. The maximum Gasteiger partial charge on any atom is 0.328 e. The standard InChI is InChI=1S/C12H16N2O3/c1-8(12(16)17-2)14-11(15)10(13)9-6-4-3-5-7-9/h3-8,10H,13H2,1-2H3,(H,14,15). The van der Waals surface area contributed by atoms with E-state index in [4.69, 9.17) is 5.73 Å². The number of methoxy groups -OCH3 is 1. The molecule has 0 saturated heterocycles. The summed E-state index contributed by atoms with van der Waals surface area (Å²) in [5.41, 5.74) is 6.46. The van der Waals surface area contributed by atoms with Gasteiger partial charge in [0, 0.05) is 0 Å². The van der Waals surface area contributed by atoms with Crippen LogP contribution in [0.4, 0.5) is 0 Å². The number of benzene rings is 1. The number of nitrogens with one attached hydrogen (secondary N) is 1. The third-order valence-electron chi connectivity index (χ3n) is 2.35. The Balaban J connectivity index is 2.62. The van der Waals surface area contributed by atoms with E-state index >= 15 is 0 Å². The van der Waals surface area contributed by atoms with Crippen molar-refractivity contribution in [2.75, 3.05) is 7.11 Å². The summed E-state index contributed by atoms with van der Waals surface area (Å²) in [6.07, 6.45) is 0. The number of rotatable bonds is 4. The van der Waals surface area contributed by atoms with Crippen molar-refractivity contribution in [1.29, 1.82) is 0 Å². The predicted octanol–water partition coefficient (Wildman–Crippen LogP) is 0.364. The molecule has 0 fully saturated rings. The number of nitrogens with two attached hydrogens (primary N) is 1. The monoisotopic (exact) mass is 236 g/mol. The molecule has 3 N–H and O–H groups in total. The van der Waals surface area contributed by atoms with Crippen molar-refractivity contribution in [3.8, 4) is 0 Å². The molecule has 17 heavy (non-hydrogen) atoms. The van der Waals surface area contributed by atoms with Gasteiger partial charge in [-0.2, -0.15) is 0 Å². The first-order valence-corrected chi connectivity index (χ1v) is 5.25. The number of hydrogen-bond donors (Lipinski definition) is 2. The summed E-state index contributed by atoms with van der Waals surface area (Å²) in [6.45, 7) is 1.54. The van der Waals surface area contributed by atoms with E-state index in [2.05, 4.69) is 10.1 Å². The molecule has 0 aliphatic rings. The molecule has 2 atom stereocenters. The van der Waals surface area contributed by atoms with Crippen LogP contribution in [0.1, 0.15) is 18.5 Å². The zero-order valence-electron chi connectivity index (χ0n) is 9.84. The van der Waals surface area contributed by atoms with Crippen molar-refractivity contribution in [1.82, 2.24) is 5.32 Å². The summed E-state index contributed by atoms with van der Waals surface area (Å²) in [7, 11) is 1.27. The number of esters is 1. The molecule has 0 heterocycles. The van der Waals surface area contributed by atoms with E-state index in [0.717, 1.165) is 0 Å². The van der Waals surface area contributed by atoms with Crippen LogP contribution in [0.5, 0.6) is 0 Å². The first kappa shape index (κ1) is 13.2. The van der Waals surface area contributed by atoms with E-state index in [0.29, 0.717) is 5.56 Å². The van der Waals surface area contributed by atoms with Crippen molar-refractivity contribution in [2.45, 2.75) is 19.0 Å². The minimum atomic E-state index is -0.789. The fourth-order valence-electron chi connectivity index (χ4n) is 1.35. The number of carbonyl (C=O) groups is 2. The summed E-state index contributed by atoms with van der Waals surface area (Å²) >= 11 is 0. The summed E-state index contributed by atoms with van der Waals surface area (Å²) in [5, 5.41) is 2.49. The highest BCUT2D eigenvalue weighted by Crippen LogP contribution is 2.09. The third-order valence-corrected chi connectivity index (χ3v) is 2.35. The Bertz CT molecular complexity index is 392. The van der Waals surface area contributed by atoms with Gasteiger partial charge in [0.15, 0.2) is 0 Å². The number of hydrogen-bond acceptors (Lipinski definition) is 4. The minimum Gasteiger partial charge on any atom is -0.467 e. The van der Waals surface area contributed by atoms with Crippen LogP contribution in [0.25, 0.3) is 0 Å². The average Bonchev–Trinajstić information content (AvgIpc) is 2.37. The van der Waals surface area contributed by atoms with E-state index in [1.807, 2.05) is 6.07 Å². The molecule has 1 aromatic rings. The molecule has 0 spiro atoms. The smallest absolute Gasteiger partial charge is 0.328 e. The Kier molecular flexibility index (Phi) is 4.66. The molecule has 1 rings (SSSR count). The number of ether oxygens (including phenoxy) is 1. The second kappa shape index (κ2) is 6.00. The van der Waals surface area contributed by atoms with Crippen molar-refractivity contribution in [3.63, 3.8) is 0 Å². The first-order chi connectivity index (χ1) is 8.06. The quantitative estimate of drug-likeness (QED) is 0.740. The zero-order chi connectivity index (χ0) is 12.8. The van der Waals surface area contributed by atoms with E-state index in [-0.39, 0.29) is 0 Å². The molecular formula is C12H16N2O3. The summed E-state index contributed by atoms with van der Waals surface area (Å²) < 4.78 is 4.50. The predicted molar refractivity (Wildman–Crippen MR) is 63.0 cm³/mol. The maximum absolute atomic E-state index is 11.7. The van der Waals surface area contributed by atoms with Crippen LogP contribution < -0.4 is 11.1 Å². The highest BCUT2D eigenvalue weighted by atomic mass is 16.5. The molecule has 0 saturated carbocycles. The van der Waals surface area contributed by atoms with Crippen molar-refractivity contribution < 1.29 is 14.3 Å². The van der Waals surface area contributed by atoms with Crippen LogP contribution in [0, 0.1) is 0 Å². The van der Waals surface area contributed by atoms with Gasteiger partial charge in [-0.25, -0.2) is 4.79 Å². The van der Waals surface area contributed by atoms with Crippen LogP contribution in [0.15, 0.2) is 30.3 Å². The van der Waals surface area contributed by atoms with Gasteiger partial charge < -0.3 is 15.8 Å². The largest absolute Gasteiger partial charge is 0.467 e. The van der Waals surface area contributed by atoms with E-state index in [9.17, 15) is 9.59 Å². The highest BCUT2D eigenvalue weighted by Gasteiger charge is 2.21. The summed E-state index contributed by atoms with van der Waals surface area (Å²) in [4.78, 5) is 22.9. The minimum absolute atomic E-state index is 0.408. The molecule has 92 valence electrons. The average molecular weight is 236 g/mol. The second-order valence-corrected chi connectivity index (χ2v) is 3.64. The van der Waals surface area contributed by atoms with Gasteiger partial charge in [-0.1, -0.05) is 30.3 Å². The van der Waals surface area contributed by atoms with Crippen molar-refractivity contribution >= 4 is 11.9 Å². The highest BCUT2D eigenvalue weighted by molar-refractivity contribution is 5.87. The van der Waals surface area contributed by atoms with Crippen molar-refractivity contribution in [2.24, 2.45) is 5.73 Å². The second-order valence-electron chi connectivity index (χ2n) is 3.64. The van der Waals surface area contributed by atoms with Gasteiger partial charge in [0.25, 0.3) is 0 Å². The van der Waals surface area contributed by atoms with Gasteiger partial charge in [0.2, 0.25) is 5.91 Å². The third kappa shape index (κ3) is 3.57. The number of carbonyl (C=O) groups excluding carboxylic acids is 2. The van der Waals surface area contributed by atoms with Gasteiger partial charge in [0.05, 0.1) is 7.11 Å². The Morgan fingerprint density at radius 3 is 2.41 bits per heavy atom. The molecule has 0 aromatic heterocycles. The lowest BCUT2D eigenvalue weighted by molar-refractivity contribution is -0.144. The topological polar surface area (TPSA) is 81.4 Å². The van der Waals surface area contributed by atoms with Gasteiger partial charge in [0.1, 0.15) is 12.1 Å². The lowest BCUT2D eigenvalue weighted by Crippen LogP contribution is -2.43. The summed E-state index contributed by atoms with van der Waals surface area (Å²) in [6, 6.07) is 7.45. The molecule has 0 radical (unpaired) electrons. The van der Waals surface area contributed by atoms with Gasteiger partial charge in [-0.15, -0.1) is 0 Å². The molecule has 0 bridgehead atoms. The molecule has 1 aromatic carbocycles. The molecule has 1 amide bonds. The SMILES string of the molecule is COC(=O)C(C)NC(=O)C(N)c1ccccc1. The molecule has 0 aliphatic heterocycles. The van der Waals surface area contributed by atoms with Gasteiger partial charge >= 0.3 is 5.97 Å². The van der Waals surface area contributed by atoms with Gasteiger partial charge in [-0.3, -0.25) is 4.79 Å². The van der Waals surface area contributed by atoms with Crippen molar-refractivity contribution in [3.05, 3.63) is 35.9 Å². The molecule has 5 heteroatoms. The van der Waals surface area contributed by atoms with Crippen LogP contribution >= 0.6 is 0 Å². The summed E-state index contributed by atoms with van der Waals surface area (Å²) in [5.74, 6) is -0.910.